The summed E-state index contributed by atoms with van der Waals surface area (Å²) in [5.74, 6) is 0.355. The van der Waals surface area contributed by atoms with Gasteiger partial charge in [-0.3, -0.25) is 4.79 Å². The average molecular weight is 369 g/mol. The molecule has 0 spiro atoms. The maximum Gasteiger partial charge on any atom is 0.199 e. The van der Waals surface area contributed by atoms with Crippen LogP contribution >= 0.6 is 27.5 Å². The highest BCUT2D eigenvalue weighted by Crippen LogP contribution is 2.35. The molecule has 0 atom stereocenters. The second kappa shape index (κ2) is 6.08. The maximum absolute atomic E-state index is 12.9. The summed E-state index contributed by atoms with van der Waals surface area (Å²) in [7, 11) is 1.55. The summed E-state index contributed by atoms with van der Waals surface area (Å²) in [6, 6.07) is 6.95. The molecule has 3 nitrogen and oxygen atoms in total. The monoisotopic (exact) mass is 367 g/mol. The molecule has 0 bridgehead atoms. The van der Waals surface area contributed by atoms with Gasteiger partial charge in [0.25, 0.3) is 0 Å². The fraction of sp³-hybridized carbons (Fsp3) is 0.188. The van der Waals surface area contributed by atoms with Crippen LogP contribution in [-0.4, -0.2) is 12.9 Å². The number of benzene rings is 2. The Hall–Kier alpha value is -1.52. The number of ether oxygens (including phenoxy) is 1. The van der Waals surface area contributed by atoms with E-state index in [1.807, 2.05) is 19.9 Å². The van der Waals surface area contributed by atoms with Gasteiger partial charge in [0.05, 0.1) is 23.4 Å². The standard InChI is InChI=1S/C16H15BrClNO2/c1-8-7-11(17)9(2)13(16(8)21-3)15(20)10-5-4-6-12(18)14(10)19/h4-7H,19H2,1-3H3. The second-order valence-electron chi connectivity index (χ2n) is 4.74. The van der Waals surface area contributed by atoms with Gasteiger partial charge < -0.3 is 10.5 Å². The number of nitrogens with two attached hydrogens (primary N) is 1. The molecule has 21 heavy (non-hydrogen) atoms. The molecular formula is C16H15BrClNO2. The van der Waals surface area contributed by atoms with Gasteiger partial charge in [0.1, 0.15) is 5.75 Å². The van der Waals surface area contributed by atoms with Crippen LogP contribution in [0.3, 0.4) is 0 Å². The molecule has 5 heteroatoms. The molecule has 0 aliphatic heterocycles. The van der Waals surface area contributed by atoms with E-state index in [1.54, 1.807) is 25.3 Å². The Labute approximate surface area is 137 Å². The molecule has 0 amide bonds. The molecule has 0 fully saturated rings. The zero-order valence-electron chi connectivity index (χ0n) is 12.0. The third-order valence-corrected chi connectivity index (χ3v) is 4.54. The van der Waals surface area contributed by atoms with Crippen molar-refractivity contribution in [2.75, 3.05) is 12.8 Å². The third kappa shape index (κ3) is 2.78. The highest BCUT2D eigenvalue weighted by atomic mass is 79.9. The smallest absolute Gasteiger partial charge is 0.199 e. The topological polar surface area (TPSA) is 52.3 Å². The van der Waals surface area contributed by atoms with E-state index in [1.165, 1.54) is 0 Å². The fourth-order valence-electron chi connectivity index (χ4n) is 2.26. The lowest BCUT2D eigenvalue weighted by molar-refractivity contribution is 0.103. The first kappa shape index (κ1) is 15.9. The van der Waals surface area contributed by atoms with Crippen molar-refractivity contribution in [2.24, 2.45) is 0 Å². The predicted octanol–water partition coefficient (Wildman–Crippen LogP) is 4.54. The van der Waals surface area contributed by atoms with Crippen molar-refractivity contribution in [3.63, 3.8) is 0 Å². The molecule has 0 radical (unpaired) electrons. The van der Waals surface area contributed by atoms with Crippen molar-refractivity contribution in [2.45, 2.75) is 13.8 Å². The zero-order valence-corrected chi connectivity index (χ0v) is 14.3. The zero-order chi connectivity index (χ0) is 15.7. The summed E-state index contributed by atoms with van der Waals surface area (Å²) in [6.45, 7) is 3.75. The summed E-state index contributed by atoms with van der Waals surface area (Å²) >= 11 is 9.47. The summed E-state index contributed by atoms with van der Waals surface area (Å²) in [5.41, 5.74) is 8.77. The van der Waals surface area contributed by atoms with Crippen LogP contribution in [0.2, 0.25) is 5.02 Å². The first-order chi connectivity index (χ1) is 9.88. The molecule has 0 heterocycles. The van der Waals surface area contributed by atoms with Crippen molar-refractivity contribution >= 4 is 39.0 Å². The Bertz CT molecular complexity index is 729. The number of halogens is 2. The van der Waals surface area contributed by atoms with Crippen LogP contribution in [0, 0.1) is 13.8 Å². The molecule has 2 aromatic carbocycles. The molecular weight excluding hydrogens is 354 g/mol. The number of ketones is 1. The van der Waals surface area contributed by atoms with Crippen molar-refractivity contribution in [1.29, 1.82) is 0 Å². The molecule has 0 aromatic heterocycles. The molecule has 2 aromatic rings. The molecule has 110 valence electrons. The van der Waals surface area contributed by atoms with Crippen molar-refractivity contribution < 1.29 is 9.53 Å². The number of hydrogen-bond acceptors (Lipinski definition) is 3. The Morgan fingerprint density at radius 3 is 2.62 bits per heavy atom. The van der Waals surface area contributed by atoms with Crippen LogP contribution < -0.4 is 10.5 Å². The average Bonchev–Trinajstić information content (AvgIpc) is 2.44. The van der Waals surface area contributed by atoms with Crippen LogP contribution in [0.1, 0.15) is 27.0 Å². The van der Waals surface area contributed by atoms with Crippen LogP contribution in [0.15, 0.2) is 28.7 Å². The minimum atomic E-state index is -0.200. The molecule has 0 aliphatic rings. The number of aryl methyl sites for hydroxylation is 1. The van der Waals surface area contributed by atoms with Gasteiger partial charge in [0.15, 0.2) is 5.78 Å². The SMILES string of the molecule is COc1c(C)cc(Br)c(C)c1C(=O)c1cccc(Cl)c1N. The molecule has 0 saturated heterocycles. The number of carbonyl (C=O) groups is 1. The number of hydrogen-bond donors (Lipinski definition) is 1. The van der Waals surface area contributed by atoms with Gasteiger partial charge in [-0.1, -0.05) is 33.6 Å². The third-order valence-electron chi connectivity index (χ3n) is 3.39. The summed E-state index contributed by atoms with van der Waals surface area (Å²) in [5, 5.41) is 0.365. The van der Waals surface area contributed by atoms with E-state index in [2.05, 4.69) is 15.9 Å². The van der Waals surface area contributed by atoms with Gasteiger partial charge >= 0.3 is 0 Å². The largest absolute Gasteiger partial charge is 0.496 e. The minimum absolute atomic E-state index is 0.200. The first-order valence-corrected chi connectivity index (χ1v) is 7.48. The highest BCUT2D eigenvalue weighted by molar-refractivity contribution is 9.10. The maximum atomic E-state index is 12.9. The molecule has 0 unspecified atom stereocenters. The number of methoxy groups -OCH3 is 1. The minimum Gasteiger partial charge on any atom is -0.496 e. The van der Waals surface area contributed by atoms with E-state index in [9.17, 15) is 4.79 Å². The number of carbonyl (C=O) groups excluding carboxylic acids is 1. The molecule has 2 rings (SSSR count). The number of para-hydroxylation sites is 1. The molecule has 2 N–H and O–H groups in total. The highest BCUT2D eigenvalue weighted by Gasteiger charge is 2.23. The van der Waals surface area contributed by atoms with Gasteiger partial charge in [-0.15, -0.1) is 0 Å². The lowest BCUT2D eigenvalue weighted by Gasteiger charge is -2.16. The summed E-state index contributed by atoms with van der Waals surface area (Å²) in [4.78, 5) is 12.9. The Morgan fingerprint density at radius 1 is 1.33 bits per heavy atom. The second-order valence-corrected chi connectivity index (χ2v) is 6.00. The van der Waals surface area contributed by atoms with Gasteiger partial charge in [0.2, 0.25) is 0 Å². The predicted molar refractivity (Wildman–Crippen MR) is 89.5 cm³/mol. The van der Waals surface area contributed by atoms with Crippen molar-refractivity contribution in [1.82, 2.24) is 0 Å². The van der Waals surface area contributed by atoms with E-state index in [4.69, 9.17) is 22.1 Å². The normalized spacial score (nSPS) is 10.5. The van der Waals surface area contributed by atoms with E-state index in [0.717, 1.165) is 15.6 Å². The van der Waals surface area contributed by atoms with Crippen molar-refractivity contribution in [3.8, 4) is 5.75 Å². The van der Waals surface area contributed by atoms with Crippen LogP contribution in [-0.2, 0) is 0 Å². The lowest BCUT2D eigenvalue weighted by Crippen LogP contribution is -2.10. The molecule has 0 saturated carbocycles. The van der Waals surface area contributed by atoms with Gasteiger partial charge in [-0.2, -0.15) is 0 Å². The van der Waals surface area contributed by atoms with Gasteiger partial charge in [-0.25, -0.2) is 0 Å². The van der Waals surface area contributed by atoms with E-state index >= 15 is 0 Å². The Kier molecular flexibility index (Phi) is 4.59. The number of anilines is 1. The van der Waals surface area contributed by atoms with E-state index in [-0.39, 0.29) is 11.5 Å². The number of nitrogen functional groups attached to an aromatic ring is 1. The van der Waals surface area contributed by atoms with Crippen LogP contribution in [0.5, 0.6) is 5.75 Å². The fourth-order valence-corrected chi connectivity index (χ4v) is 2.97. The van der Waals surface area contributed by atoms with Gasteiger partial charge in [-0.05, 0) is 43.2 Å². The molecule has 0 aliphatic carbocycles. The van der Waals surface area contributed by atoms with Crippen LogP contribution in [0.25, 0.3) is 0 Å². The summed E-state index contributed by atoms with van der Waals surface area (Å²) in [6.07, 6.45) is 0. The summed E-state index contributed by atoms with van der Waals surface area (Å²) < 4.78 is 6.26. The van der Waals surface area contributed by atoms with Crippen molar-refractivity contribution in [3.05, 3.63) is 56.0 Å². The van der Waals surface area contributed by atoms with E-state index < -0.39 is 0 Å². The van der Waals surface area contributed by atoms with Crippen LogP contribution in [0.4, 0.5) is 5.69 Å². The Balaban J connectivity index is 2.72. The number of rotatable bonds is 3. The Morgan fingerprint density at radius 2 is 2.00 bits per heavy atom. The van der Waals surface area contributed by atoms with E-state index in [0.29, 0.717) is 21.9 Å². The van der Waals surface area contributed by atoms with Gasteiger partial charge in [0, 0.05) is 10.0 Å². The lowest BCUT2D eigenvalue weighted by atomic mass is 9.95. The first-order valence-electron chi connectivity index (χ1n) is 6.30. The quantitative estimate of drug-likeness (QED) is 0.639.